The zero-order valence-corrected chi connectivity index (χ0v) is 10.4. The molecule has 20 heavy (non-hydrogen) atoms. The number of carboxylic acids is 1. The van der Waals surface area contributed by atoms with Crippen molar-refractivity contribution in [1.29, 1.82) is 0 Å². The molecule has 0 spiro atoms. The fourth-order valence-corrected chi connectivity index (χ4v) is 2.12. The minimum Gasteiger partial charge on any atom is -0.475 e. The van der Waals surface area contributed by atoms with E-state index in [2.05, 4.69) is 4.42 Å². The maximum Gasteiger partial charge on any atom is 0.371 e. The Bertz CT molecular complexity index is 861. The minimum atomic E-state index is -1.26. The third-order valence-corrected chi connectivity index (χ3v) is 3.06. The first kappa shape index (κ1) is 12.2. The molecule has 0 atom stereocenters. The van der Waals surface area contributed by atoms with Gasteiger partial charge in [0.1, 0.15) is 0 Å². The second-order valence-corrected chi connectivity index (χ2v) is 4.40. The van der Waals surface area contributed by atoms with Crippen LogP contribution in [0.25, 0.3) is 21.9 Å². The first-order valence-corrected chi connectivity index (χ1v) is 6.01. The van der Waals surface area contributed by atoms with Gasteiger partial charge in [0.05, 0.1) is 0 Å². The summed E-state index contributed by atoms with van der Waals surface area (Å²) < 4.78 is 4.63. The van der Waals surface area contributed by atoms with E-state index in [9.17, 15) is 9.59 Å². The Balaban J connectivity index is 2.20. The molecule has 3 rings (SSSR count). The van der Waals surface area contributed by atoms with Gasteiger partial charge in [0.25, 0.3) is 0 Å². The molecule has 0 unspecified atom stereocenters. The van der Waals surface area contributed by atoms with E-state index in [1.807, 2.05) is 42.5 Å². The molecule has 0 aliphatic carbocycles. The van der Waals surface area contributed by atoms with Gasteiger partial charge in [-0.2, -0.15) is 0 Å². The lowest BCUT2D eigenvalue weighted by atomic mass is 10.0. The Morgan fingerprint density at radius 1 is 0.900 bits per heavy atom. The standard InChI is InChI=1S/C16H10O4/c17-15-9-13(8-14(20-15)16(18)19)12-6-5-10-3-1-2-4-11(10)7-12/h1-9H,(H,18,19). The van der Waals surface area contributed by atoms with Gasteiger partial charge in [-0.05, 0) is 34.0 Å². The molecule has 3 aromatic rings. The largest absolute Gasteiger partial charge is 0.475 e. The van der Waals surface area contributed by atoms with Crippen molar-refractivity contribution in [2.45, 2.75) is 0 Å². The third-order valence-electron chi connectivity index (χ3n) is 3.06. The van der Waals surface area contributed by atoms with Crippen LogP contribution in [0.5, 0.6) is 0 Å². The average molecular weight is 266 g/mol. The van der Waals surface area contributed by atoms with E-state index in [-0.39, 0.29) is 5.76 Å². The highest BCUT2D eigenvalue weighted by Crippen LogP contribution is 2.24. The number of carbonyl (C=O) groups is 1. The van der Waals surface area contributed by atoms with Gasteiger partial charge in [0.15, 0.2) is 0 Å². The first-order chi connectivity index (χ1) is 9.63. The predicted molar refractivity (Wildman–Crippen MR) is 74.9 cm³/mol. The summed E-state index contributed by atoms with van der Waals surface area (Å²) in [6.07, 6.45) is 0. The van der Waals surface area contributed by atoms with Gasteiger partial charge >= 0.3 is 11.6 Å². The van der Waals surface area contributed by atoms with Gasteiger partial charge in [-0.1, -0.05) is 36.4 Å². The predicted octanol–water partition coefficient (Wildman–Crippen LogP) is 3.16. The van der Waals surface area contributed by atoms with Crippen molar-refractivity contribution >= 4 is 16.7 Å². The Labute approximate surface area is 113 Å². The lowest BCUT2D eigenvalue weighted by molar-refractivity contribution is 0.0657. The molecule has 4 nitrogen and oxygen atoms in total. The monoisotopic (exact) mass is 266 g/mol. The lowest BCUT2D eigenvalue weighted by Crippen LogP contribution is -2.05. The summed E-state index contributed by atoms with van der Waals surface area (Å²) in [6, 6.07) is 16.2. The molecule has 1 N–H and O–H groups in total. The van der Waals surface area contributed by atoms with Crippen molar-refractivity contribution in [2.24, 2.45) is 0 Å². The maximum atomic E-state index is 11.4. The summed E-state index contributed by atoms with van der Waals surface area (Å²) >= 11 is 0. The first-order valence-electron chi connectivity index (χ1n) is 6.01. The molecule has 0 saturated carbocycles. The van der Waals surface area contributed by atoms with E-state index in [0.29, 0.717) is 5.56 Å². The Kier molecular flexibility index (Phi) is 2.84. The summed E-state index contributed by atoms with van der Waals surface area (Å²) in [6.45, 7) is 0. The van der Waals surface area contributed by atoms with Crippen LogP contribution in [0, 0.1) is 0 Å². The average Bonchev–Trinajstić information content (AvgIpc) is 2.46. The Morgan fingerprint density at radius 2 is 1.65 bits per heavy atom. The second kappa shape index (κ2) is 4.66. The molecule has 2 aromatic carbocycles. The van der Waals surface area contributed by atoms with Crippen LogP contribution in [0.1, 0.15) is 10.6 Å². The van der Waals surface area contributed by atoms with Gasteiger partial charge in [-0.25, -0.2) is 9.59 Å². The molecule has 0 fully saturated rings. The number of hydrogen-bond acceptors (Lipinski definition) is 3. The topological polar surface area (TPSA) is 67.5 Å². The van der Waals surface area contributed by atoms with Crippen LogP contribution in [0.3, 0.4) is 0 Å². The third kappa shape index (κ3) is 2.19. The molecule has 0 aliphatic heterocycles. The van der Waals surface area contributed by atoms with Crippen LogP contribution in [-0.2, 0) is 0 Å². The quantitative estimate of drug-likeness (QED) is 0.773. The molecule has 0 radical (unpaired) electrons. The van der Waals surface area contributed by atoms with Crippen LogP contribution >= 0.6 is 0 Å². The summed E-state index contributed by atoms with van der Waals surface area (Å²) in [5.74, 6) is -1.62. The van der Waals surface area contributed by atoms with E-state index < -0.39 is 11.6 Å². The summed E-state index contributed by atoms with van der Waals surface area (Å²) in [4.78, 5) is 22.3. The van der Waals surface area contributed by atoms with E-state index in [4.69, 9.17) is 5.11 Å². The number of hydrogen-bond donors (Lipinski definition) is 1. The number of fused-ring (bicyclic) bond motifs is 1. The van der Waals surface area contributed by atoms with E-state index in [1.165, 1.54) is 12.1 Å². The van der Waals surface area contributed by atoms with Crippen molar-refractivity contribution in [2.75, 3.05) is 0 Å². The highest BCUT2D eigenvalue weighted by molar-refractivity contribution is 5.89. The fraction of sp³-hybridized carbons (Fsp3) is 0. The van der Waals surface area contributed by atoms with Crippen molar-refractivity contribution in [3.8, 4) is 11.1 Å². The molecule has 98 valence electrons. The van der Waals surface area contributed by atoms with E-state index in [1.54, 1.807) is 0 Å². The zero-order chi connectivity index (χ0) is 14.1. The van der Waals surface area contributed by atoms with Gasteiger partial charge in [0, 0.05) is 6.07 Å². The number of aromatic carboxylic acids is 1. The van der Waals surface area contributed by atoms with Gasteiger partial charge < -0.3 is 9.52 Å². The molecule has 1 aromatic heterocycles. The van der Waals surface area contributed by atoms with Crippen LogP contribution in [0.2, 0.25) is 0 Å². The van der Waals surface area contributed by atoms with Crippen LogP contribution < -0.4 is 5.63 Å². The van der Waals surface area contributed by atoms with Crippen LogP contribution in [-0.4, -0.2) is 11.1 Å². The maximum absolute atomic E-state index is 11.4. The van der Waals surface area contributed by atoms with E-state index >= 15 is 0 Å². The number of benzene rings is 2. The van der Waals surface area contributed by atoms with Crippen LogP contribution in [0.15, 0.2) is 63.8 Å². The summed E-state index contributed by atoms with van der Waals surface area (Å²) in [7, 11) is 0. The van der Waals surface area contributed by atoms with Crippen molar-refractivity contribution in [1.82, 2.24) is 0 Å². The van der Waals surface area contributed by atoms with Crippen LogP contribution in [0.4, 0.5) is 0 Å². The molecular formula is C16H10O4. The number of carboxylic acid groups (broad SMARTS) is 1. The zero-order valence-electron chi connectivity index (χ0n) is 10.4. The Morgan fingerprint density at radius 3 is 2.40 bits per heavy atom. The molecular weight excluding hydrogens is 256 g/mol. The SMILES string of the molecule is O=C(O)c1cc(-c2ccc3ccccc3c2)cc(=O)o1. The molecule has 0 saturated heterocycles. The molecule has 0 aliphatic rings. The van der Waals surface area contributed by atoms with Crippen molar-refractivity contribution < 1.29 is 14.3 Å². The minimum absolute atomic E-state index is 0.361. The Hall–Kier alpha value is -2.88. The summed E-state index contributed by atoms with van der Waals surface area (Å²) in [5.41, 5.74) is 0.636. The fourth-order valence-electron chi connectivity index (χ4n) is 2.12. The lowest BCUT2D eigenvalue weighted by Gasteiger charge is -2.04. The second-order valence-electron chi connectivity index (χ2n) is 4.40. The molecule has 0 amide bonds. The number of rotatable bonds is 2. The highest BCUT2D eigenvalue weighted by atomic mass is 16.4. The smallest absolute Gasteiger partial charge is 0.371 e. The van der Waals surface area contributed by atoms with E-state index in [0.717, 1.165) is 16.3 Å². The molecule has 1 heterocycles. The normalized spacial score (nSPS) is 10.6. The van der Waals surface area contributed by atoms with Crippen molar-refractivity contribution in [3.05, 3.63) is 70.8 Å². The highest BCUT2D eigenvalue weighted by Gasteiger charge is 2.10. The van der Waals surface area contributed by atoms with Crippen molar-refractivity contribution in [3.63, 3.8) is 0 Å². The molecule has 4 heteroatoms. The summed E-state index contributed by atoms with van der Waals surface area (Å²) in [5, 5.41) is 11.0. The van der Waals surface area contributed by atoms with Gasteiger partial charge in [0.2, 0.25) is 5.76 Å². The van der Waals surface area contributed by atoms with Gasteiger partial charge in [-0.3, -0.25) is 0 Å². The molecule has 0 bridgehead atoms. The van der Waals surface area contributed by atoms with Gasteiger partial charge in [-0.15, -0.1) is 0 Å².